The van der Waals surface area contributed by atoms with E-state index in [2.05, 4.69) is 4.98 Å². The summed E-state index contributed by atoms with van der Waals surface area (Å²) in [7, 11) is 0. The van der Waals surface area contributed by atoms with E-state index < -0.39 is 0 Å². The predicted octanol–water partition coefficient (Wildman–Crippen LogP) is 3.59. The zero-order valence-electron chi connectivity index (χ0n) is 17.0. The van der Waals surface area contributed by atoms with Crippen molar-refractivity contribution in [2.24, 2.45) is 0 Å². The highest BCUT2D eigenvalue weighted by Crippen LogP contribution is 2.33. The molecule has 0 aliphatic carbocycles. The van der Waals surface area contributed by atoms with E-state index in [9.17, 15) is 14.7 Å². The van der Waals surface area contributed by atoms with Gasteiger partial charge in [-0.1, -0.05) is 13.3 Å². The number of hydrogen-bond acceptors (Lipinski definition) is 6. The number of rotatable bonds is 8. The number of benzene rings is 1. The smallest absolute Gasteiger partial charge is 0.261 e. The maximum absolute atomic E-state index is 12.5. The molecule has 0 aliphatic heterocycles. The van der Waals surface area contributed by atoms with Crippen LogP contribution in [-0.2, 0) is 19.4 Å². The fourth-order valence-electron chi connectivity index (χ4n) is 3.30. The maximum atomic E-state index is 12.5. The minimum Gasteiger partial charge on any atom is -0.507 e. The lowest BCUT2D eigenvalue weighted by molar-refractivity contribution is 0.101. The van der Waals surface area contributed by atoms with Crippen molar-refractivity contribution in [3.05, 3.63) is 69.3 Å². The number of ketones is 1. The third kappa shape index (κ3) is 4.33. The lowest BCUT2D eigenvalue weighted by Gasteiger charge is -2.15. The molecular formula is C23H23N3O4. The number of Topliss-reactive ketones (excluding diaryl/α,β-unsaturated/α-hetero) is 1. The summed E-state index contributed by atoms with van der Waals surface area (Å²) in [5.41, 5.74) is 2.52. The van der Waals surface area contributed by atoms with Gasteiger partial charge in [0.25, 0.3) is 5.56 Å². The summed E-state index contributed by atoms with van der Waals surface area (Å²) < 4.78 is 7.38. The Morgan fingerprint density at radius 1 is 1.30 bits per heavy atom. The fourth-order valence-corrected chi connectivity index (χ4v) is 3.30. The van der Waals surface area contributed by atoms with Crippen molar-refractivity contribution < 1.29 is 14.6 Å². The van der Waals surface area contributed by atoms with E-state index in [-0.39, 0.29) is 35.7 Å². The summed E-state index contributed by atoms with van der Waals surface area (Å²) in [6.45, 7) is 3.63. The van der Waals surface area contributed by atoms with Gasteiger partial charge in [-0.2, -0.15) is 5.26 Å². The minimum absolute atomic E-state index is 0.0292. The monoisotopic (exact) mass is 405 g/mol. The number of carbonyl (C=O) groups excluding carboxylic acids is 1. The molecule has 0 unspecified atom stereocenters. The van der Waals surface area contributed by atoms with Crippen LogP contribution < -0.4 is 10.3 Å². The van der Waals surface area contributed by atoms with Crippen LogP contribution >= 0.6 is 0 Å². The van der Waals surface area contributed by atoms with E-state index in [1.807, 2.05) is 13.0 Å². The second-order valence-electron chi connectivity index (χ2n) is 7.04. The molecule has 0 amide bonds. The van der Waals surface area contributed by atoms with E-state index >= 15 is 0 Å². The van der Waals surface area contributed by atoms with E-state index in [4.69, 9.17) is 10.00 Å². The molecule has 154 valence electrons. The summed E-state index contributed by atoms with van der Waals surface area (Å²) in [5, 5.41) is 19.2. The average Bonchev–Trinajstić information content (AvgIpc) is 2.73. The largest absolute Gasteiger partial charge is 0.507 e. The summed E-state index contributed by atoms with van der Waals surface area (Å²) in [5.74, 6) is 0.298. The third-order valence-electron chi connectivity index (χ3n) is 4.86. The van der Waals surface area contributed by atoms with Gasteiger partial charge in [-0.15, -0.1) is 0 Å². The van der Waals surface area contributed by atoms with Crippen LogP contribution in [0.25, 0.3) is 5.65 Å². The van der Waals surface area contributed by atoms with Gasteiger partial charge in [-0.05, 0) is 49.6 Å². The highest BCUT2D eigenvalue weighted by Gasteiger charge is 2.16. The summed E-state index contributed by atoms with van der Waals surface area (Å²) in [6.07, 6.45) is 5.17. The Kier molecular flexibility index (Phi) is 6.48. The van der Waals surface area contributed by atoms with Crippen molar-refractivity contribution in [2.45, 2.75) is 46.1 Å². The normalized spacial score (nSPS) is 10.7. The summed E-state index contributed by atoms with van der Waals surface area (Å²) >= 11 is 0. The van der Waals surface area contributed by atoms with E-state index in [1.165, 1.54) is 17.5 Å². The molecule has 2 aromatic heterocycles. The van der Waals surface area contributed by atoms with Crippen LogP contribution in [0, 0.1) is 11.3 Å². The molecule has 0 saturated heterocycles. The van der Waals surface area contributed by atoms with Gasteiger partial charge < -0.3 is 9.84 Å². The first kappa shape index (κ1) is 21.1. The molecule has 30 heavy (non-hydrogen) atoms. The quantitative estimate of drug-likeness (QED) is 0.574. The standard InChI is InChI=1S/C23H23N3O4/c1-3-5-19-20(8-7-18(15(2)27)22(19)28)30-14-16-9-11-26-21(12-16)25-13-17(23(26)29)6-4-10-24/h7-9,11-13,28H,3-6,14H2,1-2H3. The number of nitrogens with zero attached hydrogens (tertiary/aromatic N) is 3. The van der Waals surface area contributed by atoms with Crippen LogP contribution in [0.4, 0.5) is 0 Å². The van der Waals surface area contributed by atoms with Crippen LogP contribution in [0.5, 0.6) is 11.5 Å². The van der Waals surface area contributed by atoms with E-state index in [0.29, 0.717) is 35.4 Å². The van der Waals surface area contributed by atoms with Crippen molar-refractivity contribution in [3.63, 3.8) is 0 Å². The number of pyridine rings is 1. The van der Waals surface area contributed by atoms with Gasteiger partial charge in [0.05, 0.1) is 11.6 Å². The van der Waals surface area contributed by atoms with Gasteiger partial charge >= 0.3 is 0 Å². The van der Waals surface area contributed by atoms with Crippen molar-refractivity contribution in [2.75, 3.05) is 0 Å². The number of fused-ring (bicyclic) bond motifs is 1. The van der Waals surface area contributed by atoms with Crippen molar-refractivity contribution in [1.29, 1.82) is 5.26 Å². The molecule has 0 saturated carbocycles. The zero-order valence-corrected chi connectivity index (χ0v) is 17.0. The molecule has 0 fully saturated rings. The Labute approximate surface area is 174 Å². The fraction of sp³-hybridized carbons (Fsp3) is 0.304. The first-order valence-electron chi connectivity index (χ1n) is 9.81. The Balaban J connectivity index is 1.85. The third-order valence-corrected chi connectivity index (χ3v) is 4.86. The Morgan fingerprint density at radius 2 is 2.10 bits per heavy atom. The van der Waals surface area contributed by atoms with Crippen LogP contribution in [0.2, 0.25) is 0 Å². The van der Waals surface area contributed by atoms with E-state index in [0.717, 1.165) is 12.0 Å². The Hall–Kier alpha value is -3.66. The number of aryl methyl sites for hydroxylation is 1. The second kappa shape index (κ2) is 9.23. The van der Waals surface area contributed by atoms with Gasteiger partial charge in [0.2, 0.25) is 0 Å². The molecular weight excluding hydrogens is 382 g/mol. The number of carbonyl (C=O) groups is 1. The second-order valence-corrected chi connectivity index (χ2v) is 7.04. The number of aromatic hydroxyl groups is 1. The van der Waals surface area contributed by atoms with Crippen LogP contribution in [0.15, 0.2) is 41.5 Å². The van der Waals surface area contributed by atoms with Gasteiger partial charge in [0, 0.05) is 29.9 Å². The molecule has 0 aliphatic rings. The lowest BCUT2D eigenvalue weighted by Crippen LogP contribution is -2.19. The van der Waals surface area contributed by atoms with Gasteiger partial charge in [-0.3, -0.25) is 14.0 Å². The average molecular weight is 405 g/mol. The number of ether oxygens (including phenoxy) is 1. The first-order chi connectivity index (χ1) is 14.5. The molecule has 0 spiro atoms. The Bertz CT molecular complexity index is 1190. The van der Waals surface area contributed by atoms with Crippen LogP contribution in [0.3, 0.4) is 0 Å². The van der Waals surface area contributed by atoms with Gasteiger partial charge in [0.1, 0.15) is 23.8 Å². The highest BCUT2D eigenvalue weighted by molar-refractivity contribution is 5.97. The highest BCUT2D eigenvalue weighted by atomic mass is 16.5. The minimum atomic E-state index is -0.198. The molecule has 1 aromatic carbocycles. The molecule has 0 atom stereocenters. The predicted molar refractivity (Wildman–Crippen MR) is 112 cm³/mol. The zero-order chi connectivity index (χ0) is 21.7. The molecule has 0 radical (unpaired) electrons. The number of nitriles is 1. The number of hydrogen-bond donors (Lipinski definition) is 1. The molecule has 0 bridgehead atoms. The van der Waals surface area contributed by atoms with Gasteiger partial charge in [0.15, 0.2) is 5.78 Å². The maximum Gasteiger partial charge on any atom is 0.261 e. The Morgan fingerprint density at radius 3 is 2.80 bits per heavy atom. The van der Waals surface area contributed by atoms with Crippen molar-refractivity contribution in [1.82, 2.24) is 9.38 Å². The van der Waals surface area contributed by atoms with E-state index in [1.54, 1.807) is 30.5 Å². The summed E-state index contributed by atoms with van der Waals surface area (Å²) in [6, 6.07) is 8.83. The molecule has 1 N–H and O–H groups in total. The lowest BCUT2D eigenvalue weighted by atomic mass is 10.0. The van der Waals surface area contributed by atoms with Gasteiger partial charge in [-0.25, -0.2) is 4.98 Å². The molecule has 2 heterocycles. The summed E-state index contributed by atoms with van der Waals surface area (Å²) in [4.78, 5) is 28.5. The van der Waals surface area contributed by atoms with Crippen LogP contribution in [0.1, 0.15) is 53.7 Å². The molecule has 7 heteroatoms. The van der Waals surface area contributed by atoms with Crippen molar-refractivity contribution >= 4 is 11.4 Å². The number of aromatic nitrogens is 2. The molecule has 7 nitrogen and oxygen atoms in total. The SMILES string of the molecule is CCCc1c(OCc2ccn3c(=O)c(CCC#N)cnc3c2)ccc(C(C)=O)c1O. The molecule has 3 rings (SSSR count). The molecule has 3 aromatic rings. The van der Waals surface area contributed by atoms with Crippen LogP contribution in [-0.4, -0.2) is 20.3 Å². The topological polar surface area (TPSA) is 105 Å². The number of phenolic OH excluding ortho intramolecular Hbond substituents is 1. The number of phenols is 1. The van der Waals surface area contributed by atoms with Crippen molar-refractivity contribution in [3.8, 4) is 17.6 Å². The first-order valence-corrected chi connectivity index (χ1v) is 9.81.